The number of nitrogens with zero attached hydrogens (tertiary/aromatic N) is 1. The van der Waals surface area contributed by atoms with E-state index in [2.05, 4.69) is 12.2 Å². The van der Waals surface area contributed by atoms with Crippen LogP contribution in [0.3, 0.4) is 0 Å². The molecule has 2 aliphatic rings. The van der Waals surface area contributed by atoms with Crippen molar-refractivity contribution in [1.29, 1.82) is 0 Å². The highest BCUT2D eigenvalue weighted by molar-refractivity contribution is 5.76. The van der Waals surface area contributed by atoms with E-state index in [0.717, 1.165) is 39.1 Å². The van der Waals surface area contributed by atoms with Crippen LogP contribution in [0, 0.1) is 0 Å². The molecule has 1 N–H and O–H groups in total. The zero-order valence-electron chi connectivity index (χ0n) is 11.5. The predicted octanol–water partition coefficient (Wildman–Crippen LogP) is 1.55. The number of amides is 1. The second-order valence-corrected chi connectivity index (χ2v) is 5.55. The predicted molar refractivity (Wildman–Crippen MR) is 71.5 cm³/mol. The van der Waals surface area contributed by atoms with E-state index in [9.17, 15) is 4.79 Å². The Kier molecular flexibility index (Phi) is 5.45. The highest BCUT2D eigenvalue weighted by atomic mass is 16.5. The zero-order chi connectivity index (χ0) is 12.8. The molecule has 4 heteroatoms. The smallest absolute Gasteiger partial charge is 0.223 e. The highest BCUT2D eigenvalue weighted by Gasteiger charge is 2.20. The summed E-state index contributed by atoms with van der Waals surface area (Å²) in [6, 6.07) is 0.530. The van der Waals surface area contributed by atoms with E-state index >= 15 is 0 Å². The van der Waals surface area contributed by atoms with Gasteiger partial charge in [-0.05, 0) is 39.0 Å². The summed E-state index contributed by atoms with van der Waals surface area (Å²) >= 11 is 0. The summed E-state index contributed by atoms with van der Waals surface area (Å²) in [6.07, 6.45) is 6.77. The topological polar surface area (TPSA) is 41.6 Å². The van der Waals surface area contributed by atoms with Gasteiger partial charge in [0.15, 0.2) is 0 Å². The number of piperidine rings is 1. The Balaban J connectivity index is 1.60. The third-order valence-corrected chi connectivity index (χ3v) is 3.97. The fraction of sp³-hybridized carbons (Fsp3) is 0.929. The second kappa shape index (κ2) is 7.10. The molecule has 0 bridgehead atoms. The standard InChI is InChI=1S/C14H26N2O2/c1-12-11-13(6-10-18-12)15-7-5-14(17)16-8-3-2-4-9-16/h12-13,15H,2-11H2,1H3. The van der Waals surface area contributed by atoms with Gasteiger partial charge in [-0.1, -0.05) is 0 Å². The number of likely N-dealkylation sites (tertiary alicyclic amines) is 1. The van der Waals surface area contributed by atoms with Crippen molar-refractivity contribution in [3.05, 3.63) is 0 Å². The Morgan fingerprint density at radius 3 is 2.83 bits per heavy atom. The van der Waals surface area contributed by atoms with E-state index in [0.29, 0.717) is 24.5 Å². The van der Waals surface area contributed by atoms with Crippen LogP contribution >= 0.6 is 0 Å². The quantitative estimate of drug-likeness (QED) is 0.827. The minimum absolute atomic E-state index is 0.322. The number of carbonyl (C=O) groups is 1. The van der Waals surface area contributed by atoms with Gasteiger partial charge in [-0.2, -0.15) is 0 Å². The van der Waals surface area contributed by atoms with Crippen LogP contribution in [-0.2, 0) is 9.53 Å². The molecule has 2 unspecified atom stereocenters. The molecule has 0 spiro atoms. The van der Waals surface area contributed by atoms with Crippen LogP contribution in [0.1, 0.15) is 45.4 Å². The van der Waals surface area contributed by atoms with Crippen molar-refractivity contribution in [1.82, 2.24) is 10.2 Å². The van der Waals surface area contributed by atoms with Crippen molar-refractivity contribution in [2.75, 3.05) is 26.2 Å². The molecule has 0 aliphatic carbocycles. The van der Waals surface area contributed by atoms with Gasteiger partial charge in [0, 0.05) is 38.7 Å². The van der Waals surface area contributed by atoms with E-state index in [4.69, 9.17) is 4.74 Å². The van der Waals surface area contributed by atoms with Crippen LogP contribution in [0.25, 0.3) is 0 Å². The lowest BCUT2D eigenvalue weighted by molar-refractivity contribution is -0.132. The minimum atomic E-state index is 0.322. The van der Waals surface area contributed by atoms with Crippen molar-refractivity contribution in [2.45, 2.75) is 57.6 Å². The SMILES string of the molecule is CC1CC(NCCC(=O)N2CCCCC2)CCO1. The lowest BCUT2D eigenvalue weighted by Crippen LogP contribution is -2.41. The Hall–Kier alpha value is -0.610. The number of nitrogens with one attached hydrogen (secondary N) is 1. The molecule has 0 aromatic rings. The van der Waals surface area contributed by atoms with Crippen LogP contribution in [0.5, 0.6) is 0 Å². The van der Waals surface area contributed by atoms with Gasteiger partial charge in [-0.3, -0.25) is 4.79 Å². The van der Waals surface area contributed by atoms with E-state index in [1.807, 2.05) is 4.90 Å². The zero-order valence-corrected chi connectivity index (χ0v) is 11.5. The molecule has 2 fully saturated rings. The van der Waals surface area contributed by atoms with E-state index < -0.39 is 0 Å². The Labute approximate surface area is 110 Å². The summed E-state index contributed by atoms with van der Waals surface area (Å²) in [7, 11) is 0. The molecular formula is C14H26N2O2. The fourth-order valence-electron chi connectivity index (χ4n) is 2.87. The molecule has 2 atom stereocenters. The number of carbonyl (C=O) groups excluding carboxylic acids is 1. The lowest BCUT2D eigenvalue weighted by atomic mass is 10.0. The van der Waals surface area contributed by atoms with Gasteiger partial charge in [-0.25, -0.2) is 0 Å². The molecule has 0 aromatic carbocycles. The molecular weight excluding hydrogens is 228 g/mol. The van der Waals surface area contributed by atoms with Crippen LogP contribution in [0.15, 0.2) is 0 Å². The molecule has 18 heavy (non-hydrogen) atoms. The molecule has 2 heterocycles. The van der Waals surface area contributed by atoms with Gasteiger partial charge in [0.05, 0.1) is 6.10 Å². The first-order valence-corrected chi connectivity index (χ1v) is 7.38. The summed E-state index contributed by atoms with van der Waals surface area (Å²) in [5.41, 5.74) is 0. The average Bonchev–Trinajstić information content (AvgIpc) is 2.40. The van der Waals surface area contributed by atoms with Crippen molar-refractivity contribution < 1.29 is 9.53 Å². The molecule has 0 aromatic heterocycles. The third kappa shape index (κ3) is 4.25. The molecule has 4 nitrogen and oxygen atoms in total. The normalized spacial score (nSPS) is 29.3. The van der Waals surface area contributed by atoms with Crippen molar-refractivity contribution in [3.63, 3.8) is 0 Å². The van der Waals surface area contributed by atoms with Crippen LogP contribution in [0.4, 0.5) is 0 Å². The van der Waals surface area contributed by atoms with Gasteiger partial charge in [0.1, 0.15) is 0 Å². The lowest BCUT2D eigenvalue weighted by Gasteiger charge is -2.29. The number of ether oxygens (including phenoxy) is 1. The first-order chi connectivity index (χ1) is 8.75. The minimum Gasteiger partial charge on any atom is -0.378 e. The van der Waals surface area contributed by atoms with Gasteiger partial charge < -0.3 is 15.0 Å². The maximum absolute atomic E-state index is 12.0. The maximum atomic E-state index is 12.0. The van der Waals surface area contributed by atoms with Gasteiger partial charge in [0.25, 0.3) is 0 Å². The number of hydrogen-bond acceptors (Lipinski definition) is 3. The van der Waals surface area contributed by atoms with E-state index in [1.165, 1.54) is 19.3 Å². The Morgan fingerprint density at radius 1 is 1.33 bits per heavy atom. The largest absolute Gasteiger partial charge is 0.378 e. The summed E-state index contributed by atoms with van der Waals surface area (Å²) in [4.78, 5) is 14.0. The Morgan fingerprint density at radius 2 is 2.11 bits per heavy atom. The van der Waals surface area contributed by atoms with Gasteiger partial charge >= 0.3 is 0 Å². The monoisotopic (exact) mass is 254 g/mol. The summed E-state index contributed by atoms with van der Waals surface area (Å²) in [6.45, 7) is 5.71. The molecule has 2 rings (SSSR count). The first kappa shape index (κ1) is 13.8. The summed E-state index contributed by atoms with van der Waals surface area (Å²) in [5.74, 6) is 0.322. The number of hydrogen-bond donors (Lipinski definition) is 1. The molecule has 0 radical (unpaired) electrons. The maximum Gasteiger partial charge on any atom is 0.223 e. The van der Waals surface area contributed by atoms with Crippen LogP contribution in [-0.4, -0.2) is 49.2 Å². The van der Waals surface area contributed by atoms with E-state index in [1.54, 1.807) is 0 Å². The van der Waals surface area contributed by atoms with Crippen LogP contribution in [0.2, 0.25) is 0 Å². The van der Waals surface area contributed by atoms with Gasteiger partial charge in [-0.15, -0.1) is 0 Å². The van der Waals surface area contributed by atoms with E-state index in [-0.39, 0.29) is 0 Å². The summed E-state index contributed by atoms with van der Waals surface area (Å²) in [5, 5.41) is 3.49. The second-order valence-electron chi connectivity index (χ2n) is 5.55. The van der Waals surface area contributed by atoms with Crippen molar-refractivity contribution >= 4 is 5.91 Å². The Bertz CT molecular complexity index is 265. The van der Waals surface area contributed by atoms with Crippen LogP contribution < -0.4 is 5.32 Å². The summed E-state index contributed by atoms with van der Waals surface area (Å²) < 4.78 is 5.52. The van der Waals surface area contributed by atoms with Crippen molar-refractivity contribution in [3.8, 4) is 0 Å². The third-order valence-electron chi connectivity index (χ3n) is 3.97. The molecule has 104 valence electrons. The highest BCUT2D eigenvalue weighted by Crippen LogP contribution is 2.13. The molecule has 2 aliphatic heterocycles. The first-order valence-electron chi connectivity index (χ1n) is 7.38. The van der Waals surface area contributed by atoms with Gasteiger partial charge in [0.2, 0.25) is 5.91 Å². The number of rotatable bonds is 4. The van der Waals surface area contributed by atoms with Crippen molar-refractivity contribution in [2.24, 2.45) is 0 Å². The molecule has 1 amide bonds. The molecule has 0 saturated carbocycles. The molecule has 2 saturated heterocycles. The average molecular weight is 254 g/mol. The fourth-order valence-corrected chi connectivity index (χ4v) is 2.87.